The number of hydrogen-bond acceptors (Lipinski definition) is 10. The van der Waals surface area contributed by atoms with Crippen molar-refractivity contribution in [1.29, 1.82) is 0 Å². The minimum Gasteiger partial charge on any atom is -0.497 e. The molecule has 2 aliphatic rings. The van der Waals surface area contributed by atoms with Crippen molar-refractivity contribution in [3.63, 3.8) is 0 Å². The van der Waals surface area contributed by atoms with E-state index < -0.39 is 13.1 Å². The summed E-state index contributed by atoms with van der Waals surface area (Å²) in [5.74, 6) is 0.845. The van der Waals surface area contributed by atoms with Gasteiger partial charge < -0.3 is 62.8 Å². The zero-order valence-corrected chi connectivity index (χ0v) is 39.8. The number of anilines is 1. The van der Waals surface area contributed by atoms with Crippen LogP contribution in [0.15, 0.2) is 90.0 Å². The van der Waals surface area contributed by atoms with Gasteiger partial charge >= 0.3 is 13.1 Å². The van der Waals surface area contributed by atoms with Crippen molar-refractivity contribution in [2.75, 3.05) is 65.5 Å². The van der Waals surface area contributed by atoms with E-state index in [1.54, 1.807) is 56.5 Å². The highest BCUT2D eigenvalue weighted by atomic mass is 19.2. The maximum atomic E-state index is 16.4. The van der Waals surface area contributed by atoms with E-state index in [2.05, 4.69) is 25.9 Å². The molecule has 5 N–H and O–H groups in total. The molecule has 69 heavy (non-hydrogen) atoms. The van der Waals surface area contributed by atoms with Crippen LogP contribution in [-0.2, 0) is 30.3 Å². The van der Waals surface area contributed by atoms with Gasteiger partial charge in [0.25, 0.3) is 0 Å². The number of carbonyl (C=O) groups excluding carboxylic acids is 3. The largest absolute Gasteiger partial charge is 0.737 e. The van der Waals surface area contributed by atoms with Gasteiger partial charge in [-0.05, 0) is 87.1 Å². The zero-order chi connectivity index (χ0) is 48.9. The van der Waals surface area contributed by atoms with Gasteiger partial charge in [-0.3, -0.25) is 9.59 Å². The van der Waals surface area contributed by atoms with E-state index in [1.807, 2.05) is 48.9 Å². The van der Waals surface area contributed by atoms with Crippen LogP contribution in [0.3, 0.4) is 0 Å². The summed E-state index contributed by atoms with van der Waals surface area (Å²) in [6.45, 7) is 4.61. The molecule has 0 saturated carbocycles. The van der Waals surface area contributed by atoms with Gasteiger partial charge in [-0.1, -0.05) is 36.2 Å². The summed E-state index contributed by atoms with van der Waals surface area (Å²) in [7, 11) is 1.56. The van der Waals surface area contributed by atoms with Crippen LogP contribution in [0, 0.1) is 6.92 Å². The Kier molecular flexibility index (Phi) is 17.0. The Morgan fingerprint density at radius 3 is 2.20 bits per heavy atom. The normalized spacial score (nSPS) is 13.9. The molecule has 366 valence electrons. The zero-order valence-electron chi connectivity index (χ0n) is 39.8. The van der Waals surface area contributed by atoms with E-state index in [9.17, 15) is 14.4 Å². The number of benzene rings is 2. The first kappa shape index (κ1) is 50.0. The fourth-order valence-electron chi connectivity index (χ4n) is 8.82. The molecule has 2 aromatic carbocycles. The monoisotopic (exact) mass is 949 g/mol. The standard InChI is InChI=1S/C50H62BF2N9O7/c1-34-10-12-37(13-11-34)42-32-60(49-47(42)48(54)58-33-59-49)25-8-26-69-50(65)57-24-28-68-30-29-67-27-23-56-45(63)9-6-5-7-22-55-46(64)21-19-41-35(2)44-31-39-16-20-43(38-14-17-40(66-4)18-15-38)62(39)51(52,53)61(44)36(41)3/h10-18,20,31-33H,5-9,19,21-30H2,1-4H3,(H,55,64)(H,56,63)(H,57,65)(H2,54,58,59). The molecule has 0 bridgehead atoms. The maximum absolute atomic E-state index is 16.4. The third-order valence-electron chi connectivity index (χ3n) is 12.4. The van der Waals surface area contributed by atoms with Crippen molar-refractivity contribution in [2.24, 2.45) is 0 Å². The smallest absolute Gasteiger partial charge is 0.497 e. The number of methoxy groups -OCH3 is 1. The summed E-state index contributed by atoms with van der Waals surface area (Å²) in [5.41, 5.74) is 14.0. The van der Waals surface area contributed by atoms with E-state index in [0.717, 1.165) is 54.3 Å². The van der Waals surface area contributed by atoms with Gasteiger partial charge in [-0.15, -0.1) is 0 Å². The van der Waals surface area contributed by atoms with Crippen LogP contribution in [0.2, 0.25) is 0 Å². The lowest BCUT2D eigenvalue weighted by atomic mass is 9.89. The van der Waals surface area contributed by atoms with Crippen molar-refractivity contribution in [3.8, 4) is 28.1 Å². The average Bonchev–Trinajstić information content (AvgIpc) is 4.02. The molecule has 3 amide bonds. The quantitative estimate of drug-likeness (QED) is 0.0342. The number of hydrogen-bond donors (Lipinski definition) is 4. The minimum atomic E-state index is -4.19. The van der Waals surface area contributed by atoms with Gasteiger partial charge in [0.15, 0.2) is 5.70 Å². The van der Waals surface area contributed by atoms with Crippen LogP contribution in [0.5, 0.6) is 5.75 Å². The highest BCUT2D eigenvalue weighted by molar-refractivity contribution is 6.58. The highest BCUT2D eigenvalue weighted by Gasteiger charge is 2.54. The van der Waals surface area contributed by atoms with Crippen LogP contribution in [0.4, 0.5) is 19.2 Å². The Hall–Kier alpha value is -6.86. The first-order chi connectivity index (χ1) is 33.4. The number of unbranched alkanes of at least 4 members (excludes halogenated alkanes) is 2. The van der Waals surface area contributed by atoms with Gasteiger partial charge in [-0.2, -0.15) is 0 Å². The Labute approximate surface area is 401 Å². The van der Waals surface area contributed by atoms with E-state index in [-0.39, 0.29) is 31.4 Å². The van der Waals surface area contributed by atoms with Crippen LogP contribution in [-0.4, -0.2) is 114 Å². The Morgan fingerprint density at radius 2 is 1.46 bits per heavy atom. The van der Waals surface area contributed by atoms with Gasteiger partial charge in [0, 0.05) is 86.3 Å². The summed E-state index contributed by atoms with van der Waals surface area (Å²) >= 11 is 0. The number of allylic oxidation sites excluding steroid dienone is 2. The lowest BCUT2D eigenvalue weighted by molar-refractivity contribution is -0.362. The molecule has 0 aliphatic carbocycles. The number of amides is 3. The first-order valence-corrected chi connectivity index (χ1v) is 23.6. The summed E-state index contributed by atoms with van der Waals surface area (Å²) in [6.07, 6.45) is 8.34. The van der Waals surface area contributed by atoms with Crippen LogP contribution in [0.25, 0.3) is 39.5 Å². The van der Waals surface area contributed by atoms with E-state index in [4.69, 9.17) is 24.7 Å². The minimum absolute atomic E-state index is 0.0723. The number of nitrogens with zero attached hydrogens (tertiary/aromatic N) is 5. The van der Waals surface area contributed by atoms with Crippen molar-refractivity contribution in [3.05, 3.63) is 101 Å². The first-order valence-electron chi connectivity index (χ1n) is 23.6. The predicted octanol–water partition coefficient (Wildman–Crippen LogP) is 7.27. The Balaban J connectivity index is 0.681. The summed E-state index contributed by atoms with van der Waals surface area (Å²) in [6, 6.07) is 18.7. The number of nitrogens with one attached hydrogen (secondary N) is 3. The van der Waals surface area contributed by atoms with Crippen molar-refractivity contribution in [1.82, 2.24) is 35.0 Å². The van der Waals surface area contributed by atoms with Gasteiger partial charge in [0.05, 0.1) is 45.5 Å². The molecule has 19 heteroatoms. The molecule has 0 atom stereocenters. The second-order valence-electron chi connectivity index (χ2n) is 17.1. The summed E-state index contributed by atoms with van der Waals surface area (Å²) < 4.78 is 58.6. The van der Waals surface area contributed by atoms with Crippen molar-refractivity contribution >= 4 is 53.5 Å². The molecule has 16 nitrogen and oxygen atoms in total. The maximum Gasteiger partial charge on any atom is 0.737 e. The molecule has 0 unspecified atom stereocenters. The molecule has 5 heterocycles. The Bertz CT molecular complexity index is 2710. The molecule has 0 fully saturated rings. The fraction of sp³-hybridized carbons (Fsp3) is 0.400. The highest BCUT2D eigenvalue weighted by Crippen LogP contribution is 2.41. The second kappa shape index (κ2) is 23.4. The lowest BCUT2D eigenvalue weighted by Gasteiger charge is -2.31. The molecule has 3 aromatic heterocycles. The molecule has 2 aliphatic heterocycles. The lowest BCUT2D eigenvalue weighted by Crippen LogP contribution is -2.50. The molecule has 0 saturated heterocycles. The number of fused-ring (bicyclic) bond motifs is 3. The number of carbonyl (C=O) groups is 3. The number of alkyl carbamates (subject to hydrolysis) is 1. The van der Waals surface area contributed by atoms with Gasteiger partial charge in [0.1, 0.15) is 29.3 Å². The average molecular weight is 950 g/mol. The van der Waals surface area contributed by atoms with Gasteiger partial charge in [0.2, 0.25) is 11.8 Å². The number of halogens is 2. The number of nitrogens with two attached hydrogens (primary N) is 1. The van der Waals surface area contributed by atoms with Crippen LogP contribution in [0.1, 0.15) is 70.1 Å². The van der Waals surface area contributed by atoms with E-state index >= 15 is 8.63 Å². The van der Waals surface area contributed by atoms with E-state index in [1.165, 1.54) is 6.33 Å². The summed E-state index contributed by atoms with van der Waals surface area (Å²) in [5, 5.41) is 9.25. The molecule has 5 aromatic rings. The SMILES string of the molecule is COc1ccc(-c2ccc3n2[B-](F)(F)[N+]2=C(C)C(CCC(=O)NCCCCCC(=O)NCCOCCOCCNC(=O)OCCCn4cc(-c5ccc(C)cc5)c5c(N)ncnc54)=C(C)C2=C3)cc1. The number of aryl methyl sites for hydroxylation is 2. The number of rotatable bonds is 25. The van der Waals surface area contributed by atoms with Crippen LogP contribution < -0.4 is 26.4 Å². The third-order valence-corrected chi connectivity index (χ3v) is 12.4. The predicted molar refractivity (Wildman–Crippen MR) is 263 cm³/mol. The number of ether oxygens (including phenoxy) is 4. The molecular weight excluding hydrogens is 887 g/mol. The third kappa shape index (κ3) is 12.2. The molecule has 0 spiro atoms. The van der Waals surface area contributed by atoms with Crippen molar-refractivity contribution < 1.29 is 46.4 Å². The molecule has 0 radical (unpaired) electrons. The van der Waals surface area contributed by atoms with Crippen molar-refractivity contribution in [2.45, 2.75) is 72.3 Å². The van der Waals surface area contributed by atoms with Gasteiger partial charge in [-0.25, -0.2) is 14.8 Å². The number of nitrogen functional groups attached to an aromatic ring is 1. The fourth-order valence-corrected chi connectivity index (χ4v) is 8.82. The Morgan fingerprint density at radius 1 is 0.768 bits per heavy atom. The second-order valence-corrected chi connectivity index (χ2v) is 17.1. The topological polar surface area (TPSA) is 189 Å². The number of aromatic nitrogens is 4. The molecule has 7 rings (SSSR count). The molecular formula is C50H62BF2N9O7. The summed E-state index contributed by atoms with van der Waals surface area (Å²) in [4.78, 5) is 45.9. The van der Waals surface area contributed by atoms with Crippen LogP contribution >= 0.6 is 0 Å². The van der Waals surface area contributed by atoms with E-state index in [0.29, 0.717) is 118 Å².